The lowest BCUT2D eigenvalue weighted by Gasteiger charge is -2.52. The molecule has 7 heteroatoms. The highest BCUT2D eigenvalue weighted by molar-refractivity contribution is 6.74. The lowest BCUT2D eigenvalue weighted by Crippen LogP contribution is -2.64. The third-order valence-corrected chi connectivity index (χ3v) is 13.7. The Morgan fingerprint density at radius 1 is 0.590 bits per heavy atom. The molecule has 0 amide bonds. The third-order valence-electron chi connectivity index (χ3n) is 9.24. The number of rotatable bonds is 4. The van der Waals surface area contributed by atoms with Crippen molar-refractivity contribution in [2.24, 2.45) is 0 Å². The topological polar surface area (TPSA) is 42.4 Å². The highest BCUT2D eigenvalue weighted by Gasteiger charge is 2.41. The zero-order chi connectivity index (χ0) is 30.8. The van der Waals surface area contributed by atoms with Crippen LogP contribution in [0.3, 0.4) is 0 Å². The van der Waals surface area contributed by atoms with Gasteiger partial charge in [-0.25, -0.2) is 0 Å². The Morgan fingerprint density at radius 3 is 1.26 bits per heavy atom. The van der Waals surface area contributed by atoms with E-state index in [1.54, 1.807) is 0 Å². The van der Waals surface area contributed by atoms with Crippen molar-refractivity contribution in [3.63, 3.8) is 0 Å². The summed E-state index contributed by atoms with van der Waals surface area (Å²) in [7, 11) is -1.69. The summed E-state index contributed by atoms with van der Waals surface area (Å²) in [4.78, 5) is 10.2. The first-order chi connectivity index (χ1) is 17.2. The van der Waals surface area contributed by atoms with Gasteiger partial charge in [0.05, 0.1) is 13.2 Å². The first kappa shape index (κ1) is 37.0. The van der Waals surface area contributed by atoms with Crippen LogP contribution >= 0.6 is 0 Å². The molecule has 0 saturated carbocycles. The maximum Gasteiger partial charge on any atom is 0.192 e. The van der Waals surface area contributed by atoms with Crippen molar-refractivity contribution in [1.29, 1.82) is 0 Å². The van der Waals surface area contributed by atoms with Crippen molar-refractivity contribution in [1.82, 2.24) is 19.6 Å². The monoisotopic (exact) mass is 571 g/mol. The lowest BCUT2D eigenvalue weighted by molar-refractivity contribution is -0.0401. The standard InChI is InChI=1S/C19H42N2OSi.C13H28N2O/c1-17(2,3)20-12-13-21(18(4,5)6)16(14-20)15-22-23(10,11)19(7,8)9;1-12(2,3)14-7-8-15(13(4,5)6)11(9-14)10-16/h16H,12-15H2,1-11H3;11,16H,7-10H2,1-6H3. The maximum absolute atomic E-state index is 9.54. The van der Waals surface area contributed by atoms with Gasteiger partial charge in [0.25, 0.3) is 0 Å². The summed E-state index contributed by atoms with van der Waals surface area (Å²) in [6, 6.07) is 0.755. The number of aliphatic hydroxyl groups is 1. The van der Waals surface area contributed by atoms with Crippen molar-refractivity contribution in [3.05, 3.63) is 0 Å². The SMILES string of the molecule is CC(C)(C)N1CCN(C(C)(C)C)C(CO)C1.CC(C)(C)N1CCN(C(C)(C)C)C(CO[Si](C)(C)C(C)(C)C)C1. The smallest absolute Gasteiger partial charge is 0.192 e. The van der Waals surface area contributed by atoms with E-state index in [0.29, 0.717) is 6.04 Å². The molecule has 0 aliphatic carbocycles. The highest BCUT2D eigenvalue weighted by atomic mass is 28.4. The Bertz CT molecular complexity index is 738. The highest BCUT2D eigenvalue weighted by Crippen LogP contribution is 2.37. The molecule has 0 aromatic rings. The van der Waals surface area contributed by atoms with Crippen molar-refractivity contribution in [2.75, 3.05) is 52.5 Å². The predicted molar refractivity (Wildman–Crippen MR) is 173 cm³/mol. The number of piperazine rings is 2. The van der Waals surface area contributed by atoms with Gasteiger partial charge in [0, 0.05) is 73.5 Å². The molecule has 39 heavy (non-hydrogen) atoms. The van der Waals surface area contributed by atoms with Crippen LogP contribution in [0.1, 0.15) is 104 Å². The average Bonchev–Trinajstić information content (AvgIpc) is 2.74. The molecule has 0 bridgehead atoms. The van der Waals surface area contributed by atoms with Gasteiger partial charge in [-0.1, -0.05) is 20.8 Å². The van der Waals surface area contributed by atoms with Crippen LogP contribution in [0.2, 0.25) is 18.1 Å². The molecule has 2 aliphatic rings. The van der Waals surface area contributed by atoms with Crippen LogP contribution in [0.25, 0.3) is 0 Å². The third kappa shape index (κ3) is 11.0. The molecule has 2 atom stereocenters. The van der Waals surface area contributed by atoms with Gasteiger partial charge in [-0.3, -0.25) is 19.6 Å². The molecule has 234 valence electrons. The van der Waals surface area contributed by atoms with Gasteiger partial charge in [-0.2, -0.15) is 0 Å². The van der Waals surface area contributed by atoms with Crippen LogP contribution in [-0.2, 0) is 4.43 Å². The van der Waals surface area contributed by atoms with E-state index < -0.39 is 8.32 Å². The largest absolute Gasteiger partial charge is 0.415 e. The minimum absolute atomic E-state index is 0.150. The molecule has 2 fully saturated rings. The summed E-state index contributed by atoms with van der Waals surface area (Å²) >= 11 is 0. The summed E-state index contributed by atoms with van der Waals surface area (Å²) in [5.74, 6) is 0. The lowest BCUT2D eigenvalue weighted by atomic mass is 9.97. The molecule has 2 unspecified atom stereocenters. The molecule has 2 saturated heterocycles. The van der Waals surface area contributed by atoms with Gasteiger partial charge in [-0.05, 0) is 101 Å². The number of aliphatic hydroxyl groups excluding tert-OH is 1. The molecule has 2 rings (SSSR count). The Hall–Kier alpha value is -0.0231. The van der Waals surface area contributed by atoms with Crippen molar-refractivity contribution < 1.29 is 9.53 Å². The normalized spacial score (nSPS) is 24.5. The molecule has 1 N–H and O–H groups in total. The zero-order valence-corrected chi connectivity index (χ0v) is 30.5. The van der Waals surface area contributed by atoms with E-state index in [4.69, 9.17) is 4.43 Å². The van der Waals surface area contributed by atoms with Crippen molar-refractivity contribution in [3.8, 4) is 0 Å². The summed E-state index contributed by atoms with van der Waals surface area (Å²) in [6.45, 7) is 46.7. The average molecular weight is 571 g/mol. The van der Waals surface area contributed by atoms with Gasteiger partial charge >= 0.3 is 0 Å². The van der Waals surface area contributed by atoms with Crippen LogP contribution in [0, 0.1) is 0 Å². The fourth-order valence-corrected chi connectivity index (χ4v) is 6.56. The van der Waals surface area contributed by atoms with Crippen molar-refractivity contribution in [2.45, 2.75) is 156 Å². The number of hydrogen-bond acceptors (Lipinski definition) is 6. The van der Waals surface area contributed by atoms with Crippen LogP contribution < -0.4 is 0 Å². The van der Waals surface area contributed by atoms with Crippen LogP contribution in [-0.4, -0.2) is 120 Å². The summed E-state index contributed by atoms with van der Waals surface area (Å²) in [5, 5.41) is 9.82. The minimum Gasteiger partial charge on any atom is -0.415 e. The van der Waals surface area contributed by atoms with Gasteiger partial charge in [-0.15, -0.1) is 0 Å². The zero-order valence-electron chi connectivity index (χ0n) is 29.5. The Labute approximate surface area is 245 Å². The van der Waals surface area contributed by atoms with Gasteiger partial charge in [0.15, 0.2) is 8.32 Å². The van der Waals surface area contributed by atoms with Crippen LogP contribution in [0.4, 0.5) is 0 Å². The molecule has 2 aliphatic heterocycles. The molecule has 2 heterocycles. The first-order valence-electron chi connectivity index (χ1n) is 15.5. The number of nitrogens with zero attached hydrogens (tertiary/aromatic N) is 4. The Morgan fingerprint density at radius 2 is 0.949 bits per heavy atom. The van der Waals surface area contributed by atoms with Gasteiger partial charge in [0.2, 0.25) is 0 Å². The van der Waals surface area contributed by atoms with E-state index in [9.17, 15) is 5.11 Å². The Balaban J connectivity index is 0.000000416. The van der Waals surface area contributed by atoms with E-state index in [1.165, 1.54) is 0 Å². The minimum atomic E-state index is -1.69. The second-order valence-corrected chi connectivity index (χ2v) is 22.3. The molecule has 0 radical (unpaired) electrons. The van der Waals surface area contributed by atoms with Crippen molar-refractivity contribution >= 4 is 8.32 Å². The molecule has 0 aromatic heterocycles. The van der Waals surface area contributed by atoms with Crippen LogP contribution in [0.15, 0.2) is 0 Å². The molecule has 0 aromatic carbocycles. The van der Waals surface area contributed by atoms with E-state index in [2.05, 4.69) is 137 Å². The van der Waals surface area contributed by atoms with Crippen LogP contribution in [0.5, 0.6) is 0 Å². The summed E-state index contributed by atoms with van der Waals surface area (Å²) < 4.78 is 6.59. The molecule has 0 spiro atoms. The fraction of sp³-hybridized carbons (Fsp3) is 1.00. The van der Waals surface area contributed by atoms with E-state index >= 15 is 0 Å². The van der Waals surface area contributed by atoms with Gasteiger partial charge < -0.3 is 9.53 Å². The van der Waals surface area contributed by atoms with E-state index in [-0.39, 0.29) is 39.8 Å². The second kappa shape index (κ2) is 13.1. The maximum atomic E-state index is 9.54. The van der Waals surface area contributed by atoms with Gasteiger partial charge in [0.1, 0.15) is 0 Å². The predicted octanol–water partition coefficient (Wildman–Crippen LogP) is 6.15. The fourth-order valence-electron chi connectivity index (χ4n) is 5.52. The molecule has 6 nitrogen and oxygen atoms in total. The molecular formula is C32H70N4O2Si. The molecular weight excluding hydrogens is 500 g/mol. The first-order valence-corrected chi connectivity index (χ1v) is 18.4. The summed E-state index contributed by atoms with van der Waals surface area (Å²) in [6.07, 6.45) is 0. The van der Waals surface area contributed by atoms with E-state index in [1.807, 2.05) is 0 Å². The number of hydrogen-bond donors (Lipinski definition) is 1. The quantitative estimate of drug-likeness (QED) is 0.409. The second-order valence-electron chi connectivity index (χ2n) is 17.5. The Kier molecular flexibility index (Phi) is 12.4. The summed E-state index contributed by atoms with van der Waals surface area (Å²) in [5.41, 5.74) is 0.791. The van der Waals surface area contributed by atoms with E-state index in [0.717, 1.165) is 45.9 Å².